The summed E-state index contributed by atoms with van der Waals surface area (Å²) in [5, 5.41) is 3.28. The summed E-state index contributed by atoms with van der Waals surface area (Å²) in [7, 11) is 0. The van der Waals surface area contributed by atoms with Gasteiger partial charge >= 0.3 is 0 Å². The largest absolute Gasteiger partial charge is 0.327 e. The van der Waals surface area contributed by atoms with Gasteiger partial charge in [0.05, 0.1) is 6.61 Å². The summed E-state index contributed by atoms with van der Waals surface area (Å²) in [6, 6.07) is 0. The van der Waals surface area contributed by atoms with E-state index < -0.39 is 6.57 Å². The van der Waals surface area contributed by atoms with Crippen molar-refractivity contribution in [2.45, 2.75) is 6.42 Å². The maximum Gasteiger partial charge on any atom is 0.200 e. The van der Waals surface area contributed by atoms with Gasteiger partial charge in [0.2, 0.25) is 6.57 Å². The van der Waals surface area contributed by atoms with Crippen molar-refractivity contribution in [3.05, 3.63) is 0 Å². The SMILES string of the molecule is S=P1(N(CCCl)CCCl)NCCCO1. The minimum atomic E-state index is -2.01. The van der Waals surface area contributed by atoms with E-state index in [0.717, 1.165) is 32.7 Å². The normalized spacial score (nSPS) is 28.2. The van der Waals surface area contributed by atoms with Gasteiger partial charge in [-0.2, -0.15) is 0 Å². The van der Waals surface area contributed by atoms with Crippen molar-refractivity contribution in [1.29, 1.82) is 0 Å². The third-order valence-electron chi connectivity index (χ3n) is 1.96. The second-order valence-electron chi connectivity index (χ2n) is 2.95. The molecule has 1 aliphatic rings. The molecule has 0 aromatic heterocycles. The van der Waals surface area contributed by atoms with Gasteiger partial charge in [-0.05, 0) is 18.2 Å². The minimum absolute atomic E-state index is 0.556. The van der Waals surface area contributed by atoms with Gasteiger partial charge in [0.1, 0.15) is 0 Å². The maximum absolute atomic E-state index is 5.72. The highest BCUT2D eigenvalue weighted by Gasteiger charge is 2.27. The van der Waals surface area contributed by atoms with E-state index in [-0.39, 0.29) is 0 Å². The molecule has 0 radical (unpaired) electrons. The van der Waals surface area contributed by atoms with Crippen LogP contribution < -0.4 is 5.09 Å². The minimum Gasteiger partial charge on any atom is -0.327 e. The molecule has 1 aliphatic heterocycles. The number of nitrogens with one attached hydrogen (secondary N) is 1. The summed E-state index contributed by atoms with van der Waals surface area (Å²) >= 11 is 16.9. The van der Waals surface area contributed by atoms with E-state index in [1.165, 1.54) is 0 Å². The number of nitrogens with zero attached hydrogens (tertiary/aromatic N) is 1. The molecule has 1 N–H and O–H groups in total. The lowest BCUT2D eigenvalue weighted by molar-refractivity contribution is 0.275. The highest BCUT2D eigenvalue weighted by molar-refractivity contribution is 8.10. The van der Waals surface area contributed by atoms with Gasteiger partial charge < -0.3 is 4.52 Å². The fourth-order valence-corrected chi connectivity index (χ4v) is 4.91. The lowest BCUT2D eigenvalue weighted by Gasteiger charge is -2.36. The van der Waals surface area contributed by atoms with E-state index >= 15 is 0 Å². The molecule has 0 spiro atoms. The number of hydrogen-bond donors (Lipinski definition) is 1. The Bertz CT molecular complexity index is 204. The van der Waals surface area contributed by atoms with Crippen molar-refractivity contribution in [3.8, 4) is 0 Å². The molecule has 0 amide bonds. The Labute approximate surface area is 100 Å². The van der Waals surface area contributed by atoms with Crippen LogP contribution in [-0.4, -0.2) is 42.7 Å². The van der Waals surface area contributed by atoms with Gasteiger partial charge in [-0.1, -0.05) is 0 Å². The van der Waals surface area contributed by atoms with Gasteiger partial charge in [0.15, 0.2) is 0 Å². The molecule has 1 heterocycles. The van der Waals surface area contributed by atoms with E-state index in [4.69, 9.17) is 39.5 Å². The van der Waals surface area contributed by atoms with Crippen LogP contribution in [-0.2, 0) is 16.3 Å². The first kappa shape index (κ1) is 13.2. The van der Waals surface area contributed by atoms with Crippen LogP contribution in [0, 0.1) is 0 Å². The average molecular weight is 277 g/mol. The molecule has 1 rings (SSSR count). The van der Waals surface area contributed by atoms with Crippen LogP contribution in [0.15, 0.2) is 0 Å². The van der Waals surface area contributed by atoms with Gasteiger partial charge in [0, 0.05) is 31.4 Å². The molecule has 0 bridgehead atoms. The summed E-state index contributed by atoms with van der Waals surface area (Å²) in [6.45, 7) is 1.13. The third-order valence-corrected chi connectivity index (χ3v) is 5.99. The molecule has 1 atom stereocenters. The fraction of sp³-hybridized carbons (Fsp3) is 1.00. The molecule has 0 aromatic carbocycles. The Morgan fingerprint density at radius 3 is 2.43 bits per heavy atom. The Balaban J connectivity index is 2.58. The molecule has 1 fully saturated rings. The molecule has 0 aromatic rings. The Kier molecular flexibility index (Phi) is 6.25. The molecule has 1 unspecified atom stereocenters. The predicted molar refractivity (Wildman–Crippen MR) is 65.9 cm³/mol. The van der Waals surface area contributed by atoms with Crippen LogP contribution in [0.2, 0.25) is 0 Å². The van der Waals surface area contributed by atoms with Crippen LogP contribution in [0.3, 0.4) is 0 Å². The zero-order chi connectivity index (χ0) is 10.4. The highest BCUT2D eigenvalue weighted by atomic mass is 35.5. The lowest BCUT2D eigenvalue weighted by Crippen LogP contribution is -2.35. The van der Waals surface area contributed by atoms with Gasteiger partial charge in [-0.15, -0.1) is 23.2 Å². The fourth-order valence-electron chi connectivity index (χ4n) is 1.28. The summed E-state index contributed by atoms with van der Waals surface area (Å²) in [5.74, 6) is 1.11. The van der Waals surface area contributed by atoms with E-state index in [9.17, 15) is 0 Å². The molecule has 0 saturated carbocycles. The first-order valence-electron chi connectivity index (χ1n) is 4.60. The number of halogens is 2. The van der Waals surface area contributed by atoms with Crippen LogP contribution in [0.25, 0.3) is 0 Å². The topological polar surface area (TPSA) is 24.5 Å². The van der Waals surface area contributed by atoms with Gasteiger partial charge in [-0.25, -0.2) is 4.67 Å². The molecule has 3 nitrogen and oxygen atoms in total. The van der Waals surface area contributed by atoms with Crippen molar-refractivity contribution in [2.75, 3.05) is 38.0 Å². The second kappa shape index (κ2) is 6.64. The summed E-state index contributed by atoms with van der Waals surface area (Å²) in [5.41, 5.74) is 0. The van der Waals surface area contributed by atoms with Crippen LogP contribution >= 0.6 is 29.8 Å². The van der Waals surface area contributed by atoms with Crippen molar-refractivity contribution in [3.63, 3.8) is 0 Å². The zero-order valence-electron chi connectivity index (χ0n) is 7.92. The molecular weight excluding hydrogens is 262 g/mol. The quantitative estimate of drug-likeness (QED) is 0.613. The molecule has 1 saturated heterocycles. The maximum atomic E-state index is 5.72. The van der Waals surface area contributed by atoms with Crippen molar-refractivity contribution in [1.82, 2.24) is 9.76 Å². The smallest absolute Gasteiger partial charge is 0.200 e. The molecule has 84 valence electrons. The number of rotatable bonds is 5. The third kappa shape index (κ3) is 3.60. The average Bonchev–Trinajstić information content (AvgIpc) is 2.19. The second-order valence-corrected chi connectivity index (χ2v) is 7.37. The summed E-state index contributed by atoms with van der Waals surface area (Å²) in [6.07, 6.45) is 1.02. The van der Waals surface area contributed by atoms with Crippen LogP contribution in [0.5, 0.6) is 0 Å². The van der Waals surface area contributed by atoms with E-state index in [0.29, 0.717) is 11.8 Å². The first-order valence-corrected chi connectivity index (χ1v) is 8.34. The van der Waals surface area contributed by atoms with Crippen LogP contribution in [0.4, 0.5) is 0 Å². The van der Waals surface area contributed by atoms with Crippen molar-refractivity contribution < 1.29 is 4.52 Å². The first-order chi connectivity index (χ1) is 6.73. The number of alkyl halides is 2. The van der Waals surface area contributed by atoms with E-state index in [1.54, 1.807) is 0 Å². The van der Waals surface area contributed by atoms with E-state index in [2.05, 4.69) is 9.76 Å². The Hall–Kier alpha value is 1.11. The summed E-state index contributed by atoms with van der Waals surface area (Å²) in [4.78, 5) is 0. The predicted octanol–water partition coefficient (Wildman–Crippen LogP) is 2.00. The highest BCUT2D eigenvalue weighted by Crippen LogP contribution is 2.48. The molecule has 7 heteroatoms. The molecule has 14 heavy (non-hydrogen) atoms. The monoisotopic (exact) mass is 276 g/mol. The molecular formula is C7H15Cl2N2OPS. The van der Waals surface area contributed by atoms with Crippen LogP contribution in [0.1, 0.15) is 6.42 Å². The number of hydrogen-bond acceptors (Lipinski definition) is 2. The Morgan fingerprint density at radius 2 is 2.00 bits per heavy atom. The Morgan fingerprint density at radius 1 is 1.36 bits per heavy atom. The summed E-state index contributed by atoms with van der Waals surface area (Å²) < 4.78 is 7.73. The van der Waals surface area contributed by atoms with Gasteiger partial charge in [-0.3, -0.25) is 5.09 Å². The zero-order valence-corrected chi connectivity index (χ0v) is 11.1. The van der Waals surface area contributed by atoms with Crippen molar-refractivity contribution >= 4 is 41.6 Å². The lowest BCUT2D eigenvalue weighted by atomic mass is 10.5. The van der Waals surface area contributed by atoms with E-state index in [1.807, 2.05) is 0 Å². The molecule has 0 aliphatic carbocycles. The van der Waals surface area contributed by atoms with Crippen molar-refractivity contribution in [2.24, 2.45) is 0 Å². The standard InChI is InChI=1S/C7H15Cl2N2OPS/c8-2-5-11(6-3-9)13(14)10-4-1-7-12-13/h1-7H2,(H,10,14). The van der Waals surface area contributed by atoms with Gasteiger partial charge in [0.25, 0.3) is 0 Å².